The van der Waals surface area contributed by atoms with Crippen molar-refractivity contribution in [2.75, 3.05) is 51.9 Å². The molecule has 0 atom stereocenters. The zero-order valence-corrected chi connectivity index (χ0v) is 20.5. The van der Waals surface area contributed by atoms with E-state index >= 15 is 0 Å². The summed E-state index contributed by atoms with van der Waals surface area (Å²) >= 11 is 2.14. The van der Waals surface area contributed by atoms with Gasteiger partial charge in [0, 0.05) is 34.2 Å². The van der Waals surface area contributed by atoms with Gasteiger partial charge in [-0.25, -0.2) is 0 Å². The SMILES string of the molecule is COc1ccc(I)cc1NC(=O)C(=O)c1ccc(OCCN2CCOCC2)c2ccccc12. The zero-order chi connectivity index (χ0) is 23.2. The number of carbonyl (C=O) groups is 2. The summed E-state index contributed by atoms with van der Waals surface area (Å²) in [5.74, 6) is -0.158. The van der Waals surface area contributed by atoms with Crippen LogP contribution >= 0.6 is 22.6 Å². The summed E-state index contributed by atoms with van der Waals surface area (Å²) in [6.45, 7) is 4.63. The summed E-state index contributed by atoms with van der Waals surface area (Å²) in [5.41, 5.74) is 0.781. The van der Waals surface area contributed by atoms with E-state index in [9.17, 15) is 9.59 Å². The van der Waals surface area contributed by atoms with Crippen LogP contribution in [0.2, 0.25) is 0 Å². The molecule has 8 heteroatoms. The molecule has 3 aromatic rings. The molecule has 1 N–H and O–H groups in total. The number of halogens is 1. The Bertz CT molecular complexity index is 1160. The van der Waals surface area contributed by atoms with Gasteiger partial charge < -0.3 is 19.5 Å². The largest absolute Gasteiger partial charge is 0.495 e. The molecule has 1 saturated heterocycles. The van der Waals surface area contributed by atoms with Crippen LogP contribution in [0.15, 0.2) is 54.6 Å². The quantitative estimate of drug-likeness (QED) is 0.255. The summed E-state index contributed by atoms with van der Waals surface area (Å²) in [7, 11) is 1.52. The minimum absolute atomic E-state index is 0.327. The van der Waals surface area contributed by atoms with Gasteiger partial charge in [-0.2, -0.15) is 0 Å². The van der Waals surface area contributed by atoms with E-state index in [2.05, 4.69) is 32.8 Å². The second kappa shape index (κ2) is 11.0. The number of ether oxygens (including phenoxy) is 3. The number of anilines is 1. The van der Waals surface area contributed by atoms with Crippen LogP contribution in [0, 0.1) is 3.57 Å². The molecule has 0 saturated carbocycles. The topological polar surface area (TPSA) is 77.1 Å². The molecule has 4 rings (SSSR count). The van der Waals surface area contributed by atoms with Gasteiger partial charge in [0.25, 0.3) is 11.7 Å². The highest BCUT2D eigenvalue weighted by atomic mass is 127. The van der Waals surface area contributed by atoms with Gasteiger partial charge in [-0.15, -0.1) is 0 Å². The molecule has 0 aliphatic carbocycles. The highest BCUT2D eigenvalue weighted by Crippen LogP contribution is 2.30. The highest BCUT2D eigenvalue weighted by Gasteiger charge is 2.21. The highest BCUT2D eigenvalue weighted by molar-refractivity contribution is 14.1. The molecule has 1 heterocycles. The lowest BCUT2D eigenvalue weighted by Crippen LogP contribution is -2.38. The molecular formula is C25H25IN2O5. The molecule has 0 spiro atoms. The van der Waals surface area contributed by atoms with Crippen LogP contribution in [-0.2, 0) is 9.53 Å². The molecule has 1 fully saturated rings. The number of hydrogen-bond donors (Lipinski definition) is 1. The van der Waals surface area contributed by atoms with Crippen LogP contribution < -0.4 is 14.8 Å². The maximum atomic E-state index is 13.1. The smallest absolute Gasteiger partial charge is 0.296 e. The Labute approximate surface area is 206 Å². The summed E-state index contributed by atoms with van der Waals surface area (Å²) < 4.78 is 17.6. The molecule has 1 aliphatic rings. The lowest BCUT2D eigenvalue weighted by molar-refractivity contribution is -0.112. The van der Waals surface area contributed by atoms with E-state index in [0.29, 0.717) is 34.7 Å². The number of amides is 1. The van der Waals surface area contributed by atoms with Gasteiger partial charge in [-0.3, -0.25) is 14.5 Å². The fraction of sp³-hybridized carbons (Fsp3) is 0.280. The minimum Gasteiger partial charge on any atom is -0.495 e. The lowest BCUT2D eigenvalue weighted by atomic mass is 10.00. The second-order valence-electron chi connectivity index (χ2n) is 7.59. The predicted octanol–water partition coefficient (Wildman–Crippen LogP) is 3.99. The van der Waals surface area contributed by atoms with E-state index in [1.54, 1.807) is 24.3 Å². The number of morpholine rings is 1. The molecule has 172 valence electrons. The molecule has 0 bridgehead atoms. The van der Waals surface area contributed by atoms with E-state index < -0.39 is 11.7 Å². The van der Waals surface area contributed by atoms with Crippen molar-refractivity contribution >= 4 is 50.7 Å². The first-order chi connectivity index (χ1) is 16.1. The zero-order valence-electron chi connectivity index (χ0n) is 18.3. The standard InChI is InChI=1S/C25H25IN2O5/c1-31-23-8-6-17(26)16-21(23)27-25(30)24(29)20-7-9-22(19-5-3-2-4-18(19)20)33-15-12-28-10-13-32-14-11-28/h2-9,16H,10-15H2,1H3,(H,27,30). The molecule has 3 aromatic carbocycles. The number of fused-ring (bicyclic) bond motifs is 1. The molecule has 33 heavy (non-hydrogen) atoms. The van der Waals surface area contributed by atoms with Crippen LogP contribution in [0.5, 0.6) is 11.5 Å². The molecule has 7 nitrogen and oxygen atoms in total. The van der Waals surface area contributed by atoms with Gasteiger partial charge in [-0.1, -0.05) is 24.3 Å². The Morgan fingerprint density at radius 3 is 2.52 bits per heavy atom. The summed E-state index contributed by atoms with van der Waals surface area (Å²) in [5, 5.41) is 4.16. The maximum Gasteiger partial charge on any atom is 0.296 e. The number of benzene rings is 3. The Hall–Kier alpha value is -2.69. The van der Waals surface area contributed by atoms with Crippen molar-refractivity contribution in [1.82, 2.24) is 4.90 Å². The van der Waals surface area contributed by atoms with Gasteiger partial charge in [0.1, 0.15) is 18.1 Å². The van der Waals surface area contributed by atoms with Crippen LogP contribution in [0.3, 0.4) is 0 Å². The molecule has 0 radical (unpaired) electrons. The Balaban J connectivity index is 1.52. The molecule has 1 aliphatic heterocycles. The van der Waals surface area contributed by atoms with Crippen molar-refractivity contribution in [3.8, 4) is 11.5 Å². The predicted molar refractivity (Wildman–Crippen MR) is 135 cm³/mol. The van der Waals surface area contributed by atoms with Crippen LogP contribution in [-0.4, -0.2) is 63.2 Å². The summed E-state index contributed by atoms with van der Waals surface area (Å²) in [6.07, 6.45) is 0. The first kappa shape index (κ1) is 23.5. The van der Waals surface area contributed by atoms with E-state index in [1.807, 2.05) is 30.3 Å². The Morgan fingerprint density at radius 1 is 1.03 bits per heavy atom. The van der Waals surface area contributed by atoms with E-state index in [0.717, 1.165) is 41.8 Å². The summed E-state index contributed by atoms with van der Waals surface area (Å²) in [4.78, 5) is 28.2. The average molecular weight is 560 g/mol. The third-order valence-corrected chi connectivity index (χ3v) is 6.18. The van der Waals surface area contributed by atoms with Crippen molar-refractivity contribution in [1.29, 1.82) is 0 Å². The summed E-state index contributed by atoms with van der Waals surface area (Å²) in [6, 6.07) is 16.2. The second-order valence-corrected chi connectivity index (χ2v) is 8.83. The number of methoxy groups -OCH3 is 1. The number of rotatable bonds is 8. The molecular weight excluding hydrogens is 535 g/mol. The molecule has 0 aromatic heterocycles. The fourth-order valence-electron chi connectivity index (χ4n) is 3.78. The van der Waals surface area contributed by atoms with Crippen LogP contribution in [0.1, 0.15) is 10.4 Å². The monoisotopic (exact) mass is 560 g/mol. The number of nitrogens with one attached hydrogen (secondary N) is 1. The average Bonchev–Trinajstić information content (AvgIpc) is 2.84. The first-order valence-corrected chi connectivity index (χ1v) is 11.8. The van der Waals surface area contributed by atoms with Crippen molar-refractivity contribution < 1.29 is 23.8 Å². The van der Waals surface area contributed by atoms with Gasteiger partial charge in [0.2, 0.25) is 0 Å². The number of nitrogens with zero attached hydrogens (tertiary/aromatic N) is 1. The Morgan fingerprint density at radius 2 is 1.76 bits per heavy atom. The van der Waals surface area contributed by atoms with Crippen molar-refractivity contribution in [2.45, 2.75) is 0 Å². The normalized spacial score (nSPS) is 14.1. The molecule has 0 unspecified atom stereocenters. The van der Waals surface area contributed by atoms with Crippen molar-refractivity contribution in [3.63, 3.8) is 0 Å². The maximum absolute atomic E-state index is 13.1. The van der Waals surface area contributed by atoms with Crippen molar-refractivity contribution in [2.24, 2.45) is 0 Å². The van der Waals surface area contributed by atoms with Gasteiger partial charge in [0.15, 0.2) is 0 Å². The fourth-order valence-corrected chi connectivity index (χ4v) is 4.28. The number of hydrogen-bond acceptors (Lipinski definition) is 6. The van der Waals surface area contributed by atoms with E-state index in [1.165, 1.54) is 7.11 Å². The number of Topliss-reactive ketones (excluding diaryl/α,β-unsaturated/α-hetero) is 1. The van der Waals surface area contributed by atoms with Gasteiger partial charge in [0.05, 0.1) is 26.0 Å². The number of carbonyl (C=O) groups excluding carboxylic acids is 2. The number of ketones is 1. The lowest BCUT2D eigenvalue weighted by Gasteiger charge is -2.26. The van der Waals surface area contributed by atoms with Crippen molar-refractivity contribution in [3.05, 3.63) is 63.7 Å². The first-order valence-electron chi connectivity index (χ1n) is 10.7. The third kappa shape index (κ3) is 5.63. The van der Waals surface area contributed by atoms with E-state index in [-0.39, 0.29) is 0 Å². The van der Waals surface area contributed by atoms with E-state index in [4.69, 9.17) is 14.2 Å². The van der Waals surface area contributed by atoms with Crippen LogP contribution in [0.4, 0.5) is 5.69 Å². The van der Waals surface area contributed by atoms with Gasteiger partial charge in [-0.05, 0) is 58.3 Å². The Kier molecular flexibility index (Phi) is 7.79. The minimum atomic E-state index is -0.721. The molecule has 1 amide bonds. The third-order valence-electron chi connectivity index (χ3n) is 5.51. The van der Waals surface area contributed by atoms with Crippen LogP contribution in [0.25, 0.3) is 10.8 Å². The van der Waals surface area contributed by atoms with Gasteiger partial charge >= 0.3 is 0 Å².